The third-order valence-corrected chi connectivity index (χ3v) is 3.77. The number of hydrogen-bond acceptors (Lipinski definition) is 7. The number of nitrogens with zero attached hydrogens (tertiary/aromatic N) is 3. The molecule has 118 valence electrons. The van der Waals surface area contributed by atoms with Crippen molar-refractivity contribution in [3.05, 3.63) is 0 Å². The number of amides is 2. The lowest BCUT2D eigenvalue weighted by molar-refractivity contribution is -0.202. The quantitative estimate of drug-likeness (QED) is 0.485. The highest BCUT2D eigenvalue weighted by molar-refractivity contribution is 7.56. The van der Waals surface area contributed by atoms with Crippen LogP contribution in [-0.4, -0.2) is 59.4 Å². The molecule has 0 aliphatic carbocycles. The molecule has 3 N–H and O–H groups in total. The maximum atomic E-state index is 12.5. The van der Waals surface area contributed by atoms with E-state index in [4.69, 9.17) is 10.3 Å². The summed E-state index contributed by atoms with van der Waals surface area (Å²) < 4.78 is 21.8. The molecule has 1 unspecified atom stereocenters. The van der Waals surface area contributed by atoms with Crippen LogP contribution in [-0.2, 0) is 23.7 Å². The predicted octanol–water partition coefficient (Wildman–Crippen LogP) is -0.843. The van der Waals surface area contributed by atoms with Gasteiger partial charge in [0.2, 0.25) is 0 Å². The molecule has 2 rings (SSSR count). The van der Waals surface area contributed by atoms with Crippen LogP contribution in [0.25, 0.3) is 0 Å². The number of carbonyl (C=O) groups excluding carboxylic acids is 3. The van der Waals surface area contributed by atoms with Gasteiger partial charge in [0.15, 0.2) is 0 Å². The van der Waals surface area contributed by atoms with Gasteiger partial charge in [-0.3, -0.25) is 14.9 Å². The highest BCUT2D eigenvalue weighted by Gasteiger charge is 2.43. The molecule has 0 saturated carbocycles. The SMILES string of the molecule is CC(=O)ON(N1CCOC1=O)P(N)(=O)NN1CCOC1=O. The highest BCUT2D eigenvalue weighted by atomic mass is 31.2. The lowest BCUT2D eigenvalue weighted by Crippen LogP contribution is -2.50. The second-order valence-corrected chi connectivity index (χ2v) is 5.85. The highest BCUT2D eigenvalue weighted by Crippen LogP contribution is 2.40. The summed E-state index contributed by atoms with van der Waals surface area (Å²) in [5.74, 6) is -0.855. The Hall–Kier alpha value is -1.88. The molecule has 2 aliphatic heterocycles. The van der Waals surface area contributed by atoms with Gasteiger partial charge in [0, 0.05) is 11.9 Å². The van der Waals surface area contributed by atoms with Crippen molar-refractivity contribution >= 4 is 25.7 Å². The van der Waals surface area contributed by atoms with Crippen molar-refractivity contribution < 1.29 is 33.3 Å². The molecule has 12 nitrogen and oxygen atoms in total. The molecule has 0 aromatic carbocycles. The summed E-state index contributed by atoms with van der Waals surface area (Å²) in [6.07, 6.45) is -1.67. The van der Waals surface area contributed by atoms with Gasteiger partial charge in [-0.1, -0.05) is 0 Å². The van der Waals surface area contributed by atoms with E-state index in [9.17, 15) is 18.9 Å². The monoisotopic (exact) mass is 323 g/mol. The standard InChI is InChI=1S/C8H14N5O7P/c1-6(14)20-13(12-3-5-19-8(12)16)21(9,17)10-11-2-4-18-7(11)15/h2-5H2,1H3,(H3,9,10,17). The van der Waals surface area contributed by atoms with Gasteiger partial charge in [-0.2, -0.15) is 5.01 Å². The van der Waals surface area contributed by atoms with Crippen molar-refractivity contribution in [1.29, 1.82) is 0 Å². The van der Waals surface area contributed by atoms with Crippen molar-refractivity contribution in [2.75, 3.05) is 26.3 Å². The number of rotatable bonds is 5. The van der Waals surface area contributed by atoms with Gasteiger partial charge in [-0.25, -0.2) is 14.6 Å². The van der Waals surface area contributed by atoms with Crippen molar-refractivity contribution in [1.82, 2.24) is 20.2 Å². The fourth-order valence-electron chi connectivity index (χ4n) is 1.62. The molecular formula is C8H14N5O7P. The smallest absolute Gasteiger partial charge is 0.427 e. The fourth-order valence-corrected chi connectivity index (χ4v) is 2.95. The van der Waals surface area contributed by atoms with Crippen molar-refractivity contribution in [2.24, 2.45) is 5.50 Å². The Bertz CT molecular complexity index is 513. The van der Waals surface area contributed by atoms with Gasteiger partial charge >= 0.3 is 25.7 Å². The predicted molar refractivity (Wildman–Crippen MR) is 64.6 cm³/mol. The normalized spacial score (nSPS) is 21.3. The van der Waals surface area contributed by atoms with Gasteiger partial charge in [0.25, 0.3) is 0 Å². The zero-order valence-electron chi connectivity index (χ0n) is 11.1. The molecule has 2 heterocycles. The number of cyclic esters (lactones) is 2. The Labute approximate surface area is 119 Å². The molecule has 0 aromatic rings. The molecule has 2 fully saturated rings. The summed E-state index contributed by atoms with van der Waals surface area (Å²) in [6.45, 7) is 1.23. The fraction of sp³-hybridized carbons (Fsp3) is 0.625. The number of ether oxygens (including phenoxy) is 2. The average Bonchev–Trinajstić information content (AvgIpc) is 2.96. The van der Waals surface area contributed by atoms with E-state index in [-0.39, 0.29) is 26.3 Å². The summed E-state index contributed by atoms with van der Waals surface area (Å²) >= 11 is 0. The molecule has 2 amide bonds. The second kappa shape index (κ2) is 5.85. The van der Waals surface area contributed by atoms with Gasteiger partial charge in [-0.15, -0.1) is 5.20 Å². The molecule has 1 atom stereocenters. The van der Waals surface area contributed by atoms with Crippen LogP contribution in [0.3, 0.4) is 0 Å². The van der Waals surface area contributed by atoms with Gasteiger partial charge in [0.1, 0.15) is 13.2 Å². The van der Waals surface area contributed by atoms with Crippen LogP contribution in [0.5, 0.6) is 0 Å². The van der Waals surface area contributed by atoms with Crippen LogP contribution < -0.4 is 10.7 Å². The van der Waals surface area contributed by atoms with E-state index in [0.29, 0.717) is 4.94 Å². The minimum atomic E-state index is -4.14. The molecule has 13 heteroatoms. The summed E-state index contributed by atoms with van der Waals surface area (Å²) in [5.41, 5.74) is 5.59. The van der Waals surface area contributed by atoms with Gasteiger partial charge < -0.3 is 14.3 Å². The van der Waals surface area contributed by atoms with Crippen LogP contribution in [0.2, 0.25) is 0 Å². The molecule has 2 saturated heterocycles. The Morgan fingerprint density at radius 1 is 1.33 bits per heavy atom. The number of carbonyl (C=O) groups is 3. The summed E-state index contributed by atoms with van der Waals surface area (Å²) in [4.78, 5) is 39.0. The Morgan fingerprint density at radius 2 is 1.95 bits per heavy atom. The number of nitrogens with one attached hydrogen (secondary N) is 1. The molecule has 0 bridgehead atoms. The molecular weight excluding hydrogens is 309 g/mol. The largest absolute Gasteiger partial charge is 0.447 e. The Kier molecular flexibility index (Phi) is 4.32. The first-order valence-corrected chi connectivity index (χ1v) is 7.58. The van der Waals surface area contributed by atoms with Gasteiger partial charge in [0.05, 0.1) is 13.1 Å². The van der Waals surface area contributed by atoms with E-state index in [1.54, 1.807) is 0 Å². The lowest BCUT2D eigenvalue weighted by Gasteiger charge is -2.32. The summed E-state index contributed by atoms with van der Waals surface area (Å²) in [7, 11) is -4.14. The molecule has 2 aliphatic rings. The second-order valence-electron chi connectivity index (χ2n) is 4.06. The number of nitrogens with two attached hydrogens (primary N) is 1. The molecule has 0 spiro atoms. The van der Waals surface area contributed by atoms with E-state index in [0.717, 1.165) is 16.9 Å². The molecule has 21 heavy (non-hydrogen) atoms. The van der Waals surface area contributed by atoms with Gasteiger partial charge in [-0.05, 0) is 0 Å². The molecule has 0 aromatic heterocycles. The van der Waals surface area contributed by atoms with Crippen LogP contribution in [0.15, 0.2) is 0 Å². The average molecular weight is 323 g/mol. The first-order valence-electron chi connectivity index (χ1n) is 5.85. The zero-order valence-corrected chi connectivity index (χ0v) is 11.9. The zero-order chi connectivity index (χ0) is 15.6. The third kappa shape index (κ3) is 3.42. The Balaban J connectivity index is 2.17. The topological polar surface area (TPSA) is 144 Å². The summed E-state index contributed by atoms with van der Waals surface area (Å²) in [6, 6.07) is 0. The van der Waals surface area contributed by atoms with Crippen molar-refractivity contribution in [3.63, 3.8) is 0 Å². The van der Waals surface area contributed by atoms with Crippen LogP contribution in [0.4, 0.5) is 9.59 Å². The number of hydrazine groups is 2. The first-order chi connectivity index (χ1) is 9.81. The maximum absolute atomic E-state index is 12.5. The summed E-state index contributed by atoms with van der Waals surface area (Å²) in [5, 5.41) is 3.82. The van der Waals surface area contributed by atoms with E-state index >= 15 is 0 Å². The Morgan fingerprint density at radius 3 is 2.43 bits per heavy atom. The lowest BCUT2D eigenvalue weighted by atomic mass is 10.7. The van der Waals surface area contributed by atoms with E-state index in [1.807, 2.05) is 0 Å². The minimum absolute atomic E-state index is 0.0145. The number of hydrogen-bond donors (Lipinski definition) is 2. The third-order valence-electron chi connectivity index (χ3n) is 2.44. The molecule has 0 radical (unpaired) electrons. The van der Waals surface area contributed by atoms with Crippen LogP contribution in [0, 0.1) is 0 Å². The minimum Gasteiger partial charge on any atom is -0.447 e. The van der Waals surface area contributed by atoms with E-state index < -0.39 is 25.7 Å². The van der Waals surface area contributed by atoms with Crippen LogP contribution >= 0.6 is 7.59 Å². The van der Waals surface area contributed by atoms with Crippen molar-refractivity contribution in [2.45, 2.75) is 6.92 Å². The van der Waals surface area contributed by atoms with Crippen molar-refractivity contribution in [3.8, 4) is 0 Å². The van der Waals surface area contributed by atoms with Crippen LogP contribution in [0.1, 0.15) is 6.92 Å². The van der Waals surface area contributed by atoms with E-state index in [2.05, 4.69) is 14.7 Å². The first kappa shape index (κ1) is 15.5. The van der Waals surface area contributed by atoms with E-state index in [1.165, 1.54) is 0 Å². The maximum Gasteiger partial charge on any atom is 0.427 e.